The summed E-state index contributed by atoms with van der Waals surface area (Å²) in [5, 5.41) is 0. The SMILES string of the molecule is Cc1nc(C(=O)N2C[C@@H]3C[C@@H]3[C@H]2CN)c(-c2cccc(F)c2)o1. The molecule has 2 fully saturated rings. The number of hydrogen-bond donors (Lipinski definition) is 1. The summed E-state index contributed by atoms with van der Waals surface area (Å²) in [5.41, 5.74) is 6.60. The molecule has 3 atom stereocenters. The van der Waals surface area contributed by atoms with Crippen molar-refractivity contribution in [3.8, 4) is 11.3 Å². The quantitative estimate of drug-likeness (QED) is 0.942. The molecular weight excluding hydrogens is 297 g/mol. The van der Waals surface area contributed by atoms with Crippen molar-refractivity contribution in [3.05, 3.63) is 41.7 Å². The van der Waals surface area contributed by atoms with Crippen LogP contribution in [0.1, 0.15) is 22.8 Å². The molecule has 2 N–H and O–H groups in total. The number of oxazole rings is 1. The van der Waals surface area contributed by atoms with Gasteiger partial charge in [-0.3, -0.25) is 4.79 Å². The van der Waals surface area contributed by atoms with Gasteiger partial charge in [-0.2, -0.15) is 0 Å². The molecule has 1 aromatic heterocycles. The van der Waals surface area contributed by atoms with Gasteiger partial charge in [-0.05, 0) is 30.4 Å². The summed E-state index contributed by atoms with van der Waals surface area (Å²) >= 11 is 0. The van der Waals surface area contributed by atoms with Crippen molar-refractivity contribution >= 4 is 5.91 Å². The predicted molar refractivity (Wildman–Crippen MR) is 82.1 cm³/mol. The molecule has 2 aromatic rings. The van der Waals surface area contributed by atoms with E-state index in [0.717, 1.165) is 13.0 Å². The first-order valence-electron chi connectivity index (χ1n) is 7.83. The number of likely N-dealkylation sites (tertiary alicyclic amines) is 1. The Labute approximate surface area is 133 Å². The van der Waals surface area contributed by atoms with Crippen LogP contribution in [0.5, 0.6) is 0 Å². The highest BCUT2D eigenvalue weighted by molar-refractivity contribution is 5.98. The van der Waals surface area contributed by atoms with Crippen LogP contribution < -0.4 is 5.73 Å². The number of hydrogen-bond acceptors (Lipinski definition) is 4. The fourth-order valence-corrected chi connectivity index (χ4v) is 3.64. The monoisotopic (exact) mass is 315 g/mol. The number of benzene rings is 1. The summed E-state index contributed by atoms with van der Waals surface area (Å²) in [6.45, 7) is 2.86. The van der Waals surface area contributed by atoms with E-state index in [0.29, 0.717) is 35.6 Å². The molecular formula is C17H18FN3O2. The van der Waals surface area contributed by atoms with Crippen LogP contribution in [0.15, 0.2) is 28.7 Å². The lowest BCUT2D eigenvalue weighted by atomic mass is 10.1. The number of halogens is 1. The zero-order valence-corrected chi connectivity index (χ0v) is 12.8. The van der Waals surface area contributed by atoms with Crippen molar-refractivity contribution in [2.24, 2.45) is 17.6 Å². The van der Waals surface area contributed by atoms with Crippen LogP contribution >= 0.6 is 0 Å². The van der Waals surface area contributed by atoms with Crippen LogP contribution in [0.2, 0.25) is 0 Å². The minimum Gasteiger partial charge on any atom is -0.440 e. The maximum atomic E-state index is 13.5. The van der Waals surface area contributed by atoms with E-state index in [1.54, 1.807) is 24.0 Å². The van der Waals surface area contributed by atoms with Crippen molar-refractivity contribution < 1.29 is 13.6 Å². The summed E-state index contributed by atoms with van der Waals surface area (Å²) in [6, 6.07) is 6.07. The largest absolute Gasteiger partial charge is 0.440 e. The van der Waals surface area contributed by atoms with Gasteiger partial charge in [0.1, 0.15) is 5.82 Å². The maximum Gasteiger partial charge on any atom is 0.276 e. The fourth-order valence-electron chi connectivity index (χ4n) is 3.64. The van der Waals surface area contributed by atoms with Crippen molar-refractivity contribution in [1.29, 1.82) is 0 Å². The zero-order chi connectivity index (χ0) is 16.1. The summed E-state index contributed by atoms with van der Waals surface area (Å²) in [6.07, 6.45) is 1.15. The molecule has 2 heterocycles. The highest BCUT2D eigenvalue weighted by atomic mass is 19.1. The van der Waals surface area contributed by atoms with Gasteiger partial charge in [-0.1, -0.05) is 12.1 Å². The third kappa shape index (κ3) is 2.34. The Morgan fingerprint density at radius 2 is 2.35 bits per heavy atom. The van der Waals surface area contributed by atoms with Crippen LogP contribution in [0.4, 0.5) is 4.39 Å². The van der Waals surface area contributed by atoms with Gasteiger partial charge in [0.25, 0.3) is 5.91 Å². The molecule has 0 spiro atoms. The minimum absolute atomic E-state index is 0.0739. The Kier molecular flexibility index (Phi) is 3.23. The molecule has 23 heavy (non-hydrogen) atoms. The van der Waals surface area contributed by atoms with Gasteiger partial charge in [0, 0.05) is 31.6 Å². The third-order valence-electron chi connectivity index (χ3n) is 4.83. The smallest absolute Gasteiger partial charge is 0.276 e. The highest BCUT2D eigenvalue weighted by Gasteiger charge is 2.53. The number of amides is 1. The van der Waals surface area contributed by atoms with Crippen LogP contribution in [0, 0.1) is 24.6 Å². The van der Waals surface area contributed by atoms with E-state index in [4.69, 9.17) is 10.2 Å². The topological polar surface area (TPSA) is 72.4 Å². The molecule has 0 bridgehead atoms. The normalized spacial score (nSPS) is 25.5. The molecule has 2 aliphatic rings. The Balaban J connectivity index is 1.70. The molecule has 1 amide bonds. The lowest BCUT2D eigenvalue weighted by Crippen LogP contribution is -2.43. The number of carbonyl (C=O) groups excluding carboxylic acids is 1. The summed E-state index contributed by atoms with van der Waals surface area (Å²) < 4.78 is 19.1. The molecule has 0 radical (unpaired) electrons. The second kappa shape index (κ2) is 5.16. The van der Waals surface area contributed by atoms with Gasteiger partial charge in [-0.25, -0.2) is 9.37 Å². The molecule has 1 aromatic carbocycles. The zero-order valence-electron chi connectivity index (χ0n) is 12.8. The van der Waals surface area contributed by atoms with E-state index in [1.807, 2.05) is 0 Å². The van der Waals surface area contributed by atoms with Gasteiger partial charge >= 0.3 is 0 Å². The Bertz CT molecular complexity index is 773. The van der Waals surface area contributed by atoms with Gasteiger partial charge in [-0.15, -0.1) is 0 Å². The highest BCUT2D eigenvalue weighted by Crippen LogP contribution is 2.49. The van der Waals surface area contributed by atoms with Crippen LogP contribution in [0.3, 0.4) is 0 Å². The van der Waals surface area contributed by atoms with Gasteiger partial charge in [0.05, 0.1) is 0 Å². The molecule has 6 heteroatoms. The Hall–Kier alpha value is -2.21. The average molecular weight is 315 g/mol. The number of piperidine rings is 1. The Morgan fingerprint density at radius 3 is 3.09 bits per heavy atom. The second-order valence-electron chi connectivity index (χ2n) is 6.34. The van der Waals surface area contributed by atoms with Crippen LogP contribution in [-0.2, 0) is 0 Å². The van der Waals surface area contributed by atoms with E-state index in [1.165, 1.54) is 12.1 Å². The van der Waals surface area contributed by atoms with Crippen molar-refractivity contribution in [2.45, 2.75) is 19.4 Å². The summed E-state index contributed by atoms with van der Waals surface area (Å²) in [5.74, 6) is 1.25. The average Bonchev–Trinajstić information content (AvgIpc) is 3.03. The first kappa shape index (κ1) is 14.4. The first-order valence-corrected chi connectivity index (χ1v) is 7.83. The van der Waals surface area contributed by atoms with E-state index in [2.05, 4.69) is 4.98 Å². The molecule has 120 valence electrons. The lowest BCUT2D eigenvalue weighted by molar-refractivity contribution is 0.0707. The van der Waals surface area contributed by atoms with Crippen molar-refractivity contribution in [2.75, 3.05) is 13.1 Å². The number of carbonyl (C=O) groups is 1. The number of nitrogens with two attached hydrogens (primary N) is 1. The number of aromatic nitrogens is 1. The molecule has 1 aliphatic carbocycles. The molecule has 1 aliphatic heterocycles. The maximum absolute atomic E-state index is 13.5. The number of nitrogens with zero attached hydrogens (tertiary/aromatic N) is 2. The number of rotatable bonds is 3. The van der Waals surface area contributed by atoms with Gasteiger partial charge < -0.3 is 15.1 Å². The van der Waals surface area contributed by atoms with Gasteiger partial charge in [0.15, 0.2) is 17.3 Å². The minimum atomic E-state index is -0.378. The van der Waals surface area contributed by atoms with E-state index < -0.39 is 0 Å². The standard InChI is InChI=1S/C17H18FN3O2/c1-9-20-15(16(23-9)10-3-2-4-12(18)5-10)17(22)21-8-11-6-13(11)14(21)7-19/h2-5,11,13-14H,6-8,19H2,1H3/t11-,13-,14+/m0/s1. The third-order valence-corrected chi connectivity index (χ3v) is 4.83. The molecule has 4 rings (SSSR count). The summed E-state index contributed by atoms with van der Waals surface area (Å²) in [7, 11) is 0. The second-order valence-corrected chi connectivity index (χ2v) is 6.34. The van der Waals surface area contributed by atoms with Crippen molar-refractivity contribution in [1.82, 2.24) is 9.88 Å². The fraction of sp³-hybridized carbons (Fsp3) is 0.412. The molecule has 1 saturated carbocycles. The van der Waals surface area contributed by atoms with Crippen molar-refractivity contribution in [3.63, 3.8) is 0 Å². The van der Waals surface area contributed by atoms with E-state index in [-0.39, 0.29) is 23.5 Å². The first-order chi connectivity index (χ1) is 11.1. The summed E-state index contributed by atoms with van der Waals surface area (Å²) in [4.78, 5) is 19.0. The van der Waals surface area contributed by atoms with Crippen LogP contribution in [-0.4, -0.2) is 34.9 Å². The molecule has 1 saturated heterocycles. The van der Waals surface area contributed by atoms with Gasteiger partial charge in [0.2, 0.25) is 0 Å². The molecule has 0 unspecified atom stereocenters. The number of fused-ring (bicyclic) bond motifs is 1. The lowest BCUT2D eigenvalue weighted by Gasteiger charge is -2.25. The van der Waals surface area contributed by atoms with E-state index >= 15 is 0 Å². The number of aryl methyl sites for hydroxylation is 1. The Morgan fingerprint density at radius 1 is 1.52 bits per heavy atom. The van der Waals surface area contributed by atoms with E-state index in [9.17, 15) is 9.18 Å². The van der Waals surface area contributed by atoms with Crippen LogP contribution in [0.25, 0.3) is 11.3 Å². The predicted octanol–water partition coefficient (Wildman–Crippen LogP) is 2.21. The molecule has 5 nitrogen and oxygen atoms in total.